The molecule has 1 aromatic carbocycles. The summed E-state index contributed by atoms with van der Waals surface area (Å²) in [6, 6.07) is 8.83. The standard InChI is InChI=1S/C15H18N4O2/c16-12-13(10-6-7-10)18-19-14(12)15(21)17-11(8-20)9-4-2-1-3-5-9/h1-5,10-11,20H,6-8,16H2,(H,17,21)(H,18,19)/t11-/m1/s1. The number of hydrogen-bond acceptors (Lipinski definition) is 4. The van der Waals surface area contributed by atoms with Gasteiger partial charge in [-0.05, 0) is 18.4 Å². The number of H-pyrrole nitrogens is 1. The summed E-state index contributed by atoms with van der Waals surface area (Å²) >= 11 is 0. The van der Waals surface area contributed by atoms with Crippen molar-refractivity contribution in [1.29, 1.82) is 0 Å². The van der Waals surface area contributed by atoms with Gasteiger partial charge in [0.05, 0.1) is 24.0 Å². The summed E-state index contributed by atoms with van der Waals surface area (Å²) < 4.78 is 0. The Hall–Kier alpha value is -2.34. The number of benzene rings is 1. The zero-order valence-electron chi connectivity index (χ0n) is 11.5. The van der Waals surface area contributed by atoms with Crippen molar-refractivity contribution in [2.45, 2.75) is 24.8 Å². The van der Waals surface area contributed by atoms with Crippen molar-refractivity contribution >= 4 is 11.6 Å². The molecule has 6 nitrogen and oxygen atoms in total. The third-order valence-corrected chi connectivity index (χ3v) is 3.72. The second kappa shape index (κ2) is 5.57. The number of aromatic nitrogens is 2. The summed E-state index contributed by atoms with van der Waals surface area (Å²) in [5, 5.41) is 19.1. The average Bonchev–Trinajstić information content (AvgIpc) is 3.28. The molecule has 1 aliphatic carbocycles. The molecule has 6 heteroatoms. The highest BCUT2D eigenvalue weighted by Gasteiger charge is 2.30. The van der Waals surface area contributed by atoms with Gasteiger partial charge in [0.25, 0.3) is 5.91 Å². The Morgan fingerprint density at radius 3 is 2.76 bits per heavy atom. The SMILES string of the molecule is Nc1c(C(=O)N[C@H](CO)c2ccccc2)n[nH]c1C1CC1. The predicted molar refractivity (Wildman–Crippen MR) is 78.7 cm³/mol. The number of carbonyl (C=O) groups excluding carboxylic acids is 1. The summed E-state index contributed by atoms with van der Waals surface area (Å²) in [7, 11) is 0. The number of nitrogen functional groups attached to an aromatic ring is 1. The number of aliphatic hydroxyl groups is 1. The van der Waals surface area contributed by atoms with Gasteiger partial charge in [0.2, 0.25) is 0 Å². The van der Waals surface area contributed by atoms with Crippen molar-refractivity contribution in [2.24, 2.45) is 0 Å². The van der Waals surface area contributed by atoms with Crippen molar-refractivity contribution in [3.05, 3.63) is 47.3 Å². The van der Waals surface area contributed by atoms with Crippen molar-refractivity contribution in [1.82, 2.24) is 15.5 Å². The average molecular weight is 286 g/mol. The van der Waals surface area contributed by atoms with E-state index in [1.165, 1.54) is 0 Å². The summed E-state index contributed by atoms with van der Waals surface area (Å²) in [5.74, 6) is 0.0281. The van der Waals surface area contributed by atoms with Crippen LogP contribution in [0.25, 0.3) is 0 Å². The lowest BCUT2D eigenvalue weighted by molar-refractivity contribution is 0.0912. The van der Waals surface area contributed by atoms with Crippen molar-refractivity contribution in [3.8, 4) is 0 Å². The lowest BCUT2D eigenvalue weighted by atomic mass is 10.1. The molecule has 3 rings (SSSR count). The molecule has 0 radical (unpaired) electrons. The molecule has 0 unspecified atom stereocenters. The van der Waals surface area contributed by atoms with Crippen LogP contribution in [0.3, 0.4) is 0 Å². The third kappa shape index (κ3) is 2.75. The smallest absolute Gasteiger partial charge is 0.274 e. The molecule has 0 bridgehead atoms. The lowest BCUT2D eigenvalue weighted by Crippen LogP contribution is -2.31. The first-order valence-corrected chi connectivity index (χ1v) is 7.01. The highest BCUT2D eigenvalue weighted by Crippen LogP contribution is 2.42. The maximum atomic E-state index is 12.3. The summed E-state index contributed by atoms with van der Waals surface area (Å²) in [5.41, 5.74) is 8.29. The number of nitrogens with zero attached hydrogens (tertiary/aromatic N) is 1. The van der Waals surface area contributed by atoms with E-state index < -0.39 is 6.04 Å². The van der Waals surface area contributed by atoms with Crippen LogP contribution >= 0.6 is 0 Å². The maximum Gasteiger partial charge on any atom is 0.274 e. The van der Waals surface area contributed by atoms with Crippen molar-refractivity contribution in [2.75, 3.05) is 12.3 Å². The molecule has 0 spiro atoms. The van der Waals surface area contributed by atoms with Gasteiger partial charge in [-0.2, -0.15) is 5.10 Å². The molecular formula is C15H18N4O2. The quantitative estimate of drug-likeness (QED) is 0.665. The number of rotatable bonds is 5. The molecule has 1 fully saturated rings. The topological polar surface area (TPSA) is 104 Å². The molecule has 21 heavy (non-hydrogen) atoms. The van der Waals surface area contributed by atoms with E-state index in [1.54, 1.807) is 0 Å². The maximum absolute atomic E-state index is 12.3. The van der Waals surface area contributed by atoms with Gasteiger partial charge < -0.3 is 16.2 Å². The fourth-order valence-electron chi connectivity index (χ4n) is 2.37. The largest absolute Gasteiger partial charge is 0.395 e. The molecular weight excluding hydrogens is 268 g/mol. The van der Waals surface area contributed by atoms with E-state index in [0.717, 1.165) is 24.1 Å². The molecule has 0 saturated heterocycles. The minimum atomic E-state index is -0.473. The van der Waals surface area contributed by atoms with Crippen LogP contribution in [0.2, 0.25) is 0 Å². The van der Waals surface area contributed by atoms with Gasteiger partial charge in [0.15, 0.2) is 5.69 Å². The van der Waals surface area contributed by atoms with Crippen LogP contribution in [0.15, 0.2) is 30.3 Å². The van der Waals surface area contributed by atoms with E-state index in [9.17, 15) is 9.90 Å². The van der Waals surface area contributed by atoms with Crippen LogP contribution in [0.1, 0.15) is 46.5 Å². The molecule has 5 N–H and O–H groups in total. The first kappa shape index (κ1) is 13.6. The Morgan fingerprint density at radius 1 is 1.43 bits per heavy atom. The fraction of sp³-hybridized carbons (Fsp3) is 0.333. The normalized spacial score (nSPS) is 15.7. The van der Waals surface area contributed by atoms with Crippen LogP contribution in [-0.4, -0.2) is 27.8 Å². The van der Waals surface area contributed by atoms with Gasteiger partial charge in [0, 0.05) is 5.92 Å². The summed E-state index contributed by atoms with van der Waals surface area (Å²) in [6.07, 6.45) is 2.16. The first-order chi connectivity index (χ1) is 10.2. The third-order valence-electron chi connectivity index (χ3n) is 3.72. The Kier molecular flexibility index (Phi) is 3.62. The molecule has 1 heterocycles. The molecule has 0 aliphatic heterocycles. The molecule has 1 aliphatic rings. The summed E-state index contributed by atoms with van der Waals surface area (Å²) in [4.78, 5) is 12.3. The van der Waals surface area contributed by atoms with E-state index in [4.69, 9.17) is 5.73 Å². The van der Waals surface area contributed by atoms with E-state index in [0.29, 0.717) is 11.6 Å². The number of nitrogens with two attached hydrogens (primary N) is 1. The minimum absolute atomic E-state index is 0.185. The van der Waals surface area contributed by atoms with Gasteiger partial charge in [-0.25, -0.2) is 0 Å². The highest BCUT2D eigenvalue weighted by atomic mass is 16.3. The molecule has 2 aromatic rings. The fourth-order valence-corrected chi connectivity index (χ4v) is 2.37. The monoisotopic (exact) mass is 286 g/mol. The van der Waals surface area contributed by atoms with Crippen LogP contribution in [0.4, 0.5) is 5.69 Å². The highest BCUT2D eigenvalue weighted by molar-refractivity contribution is 5.98. The van der Waals surface area contributed by atoms with Gasteiger partial charge >= 0.3 is 0 Å². The van der Waals surface area contributed by atoms with Crippen LogP contribution in [0.5, 0.6) is 0 Å². The second-order valence-corrected chi connectivity index (χ2v) is 5.29. The number of carbonyl (C=O) groups is 1. The zero-order chi connectivity index (χ0) is 14.8. The number of aromatic amines is 1. The molecule has 1 aromatic heterocycles. The first-order valence-electron chi connectivity index (χ1n) is 7.01. The number of hydrogen-bond donors (Lipinski definition) is 4. The van der Waals surface area contributed by atoms with Crippen LogP contribution in [-0.2, 0) is 0 Å². The van der Waals surface area contributed by atoms with Crippen molar-refractivity contribution < 1.29 is 9.90 Å². The van der Waals surface area contributed by atoms with Crippen LogP contribution in [0, 0.1) is 0 Å². The molecule has 1 saturated carbocycles. The van der Waals surface area contributed by atoms with Gasteiger partial charge in [-0.1, -0.05) is 30.3 Å². The van der Waals surface area contributed by atoms with Gasteiger partial charge in [-0.3, -0.25) is 9.89 Å². The molecule has 1 atom stereocenters. The zero-order valence-corrected chi connectivity index (χ0v) is 11.5. The number of aliphatic hydroxyl groups excluding tert-OH is 1. The second-order valence-electron chi connectivity index (χ2n) is 5.29. The lowest BCUT2D eigenvalue weighted by Gasteiger charge is -2.16. The Balaban J connectivity index is 1.76. The Labute approximate surface area is 122 Å². The number of amides is 1. The Bertz CT molecular complexity index is 634. The Morgan fingerprint density at radius 2 is 2.14 bits per heavy atom. The van der Waals surface area contributed by atoms with E-state index in [-0.39, 0.29) is 18.2 Å². The van der Waals surface area contributed by atoms with Crippen LogP contribution < -0.4 is 11.1 Å². The van der Waals surface area contributed by atoms with Crippen molar-refractivity contribution in [3.63, 3.8) is 0 Å². The number of anilines is 1. The predicted octanol–water partition coefficient (Wildman–Crippen LogP) is 1.33. The minimum Gasteiger partial charge on any atom is -0.395 e. The van der Waals surface area contributed by atoms with Gasteiger partial charge in [-0.15, -0.1) is 0 Å². The summed E-state index contributed by atoms with van der Waals surface area (Å²) in [6.45, 7) is -0.185. The van der Waals surface area contributed by atoms with Gasteiger partial charge in [0.1, 0.15) is 0 Å². The van der Waals surface area contributed by atoms with E-state index in [1.807, 2.05) is 30.3 Å². The molecule has 110 valence electrons. The van der Waals surface area contributed by atoms with E-state index in [2.05, 4.69) is 15.5 Å². The number of nitrogens with one attached hydrogen (secondary N) is 2. The van der Waals surface area contributed by atoms with E-state index >= 15 is 0 Å². The molecule has 1 amide bonds.